The van der Waals surface area contributed by atoms with E-state index in [2.05, 4.69) is 0 Å². The molecule has 0 fully saturated rings. The van der Waals surface area contributed by atoms with Crippen molar-refractivity contribution in [2.75, 3.05) is 13.2 Å². The second kappa shape index (κ2) is 9.71. The summed E-state index contributed by atoms with van der Waals surface area (Å²) in [6.07, 6.45) is 0. The van der Waals surface area contributed by atoms with E-state index in [4.69, 9.17) is 14.2 Å². The Morgan fingerprint density at radius 3 is 2.14 bits per heavy atom. The minimum absolute atomic E-state index is 0.216. The highest BCUT2D eigenvalue weighted by atomic mass is 32.1. The van der Waals surface area contributed by atoms with Gasteiger partial charge in [-0.3, -0.25) is 4.79 Å². The summed E-state index contributed by atoms with van der Waals surface area (Å²) < 4.78 is 16.1. The van der Waals surface area contributed by atoms with Crippen molar-refractivity contribution >= 4 is 23.1 Å². The van der Waals surface area contributed by atoms with Gasteiger partial charge in [0.2, 0.25) is 5.78 Å². The van der Waals surface area contributed by atoms with Crippen molar-refractivity contribution in [3.05, 3.63) is 82.0 Å². The van der Waals surface area contributed by atoms with Crippen LogP contribution < -0.4 is 9.47 Å². The van der Waals surface area contributed by atoms with E-state index in [1.807, 2.05) is 43.3 Å². The highest BCUT2D eigenvalue weighted by Gasteiger charge is 2.12. The number of rotatable bonds is 9. The number of carbonyl (C=O) groups excluding carboxylic acids is 2. The Hall–Kier alpha value is -3.12. The first-order chi connectivity index (χ1) is 13.6. The van der Waals surface area contributed by atoms with Crippen LogP contribution in [0.15, 0.2) is 66.7 Å². The Bertz CT molecular complexity index is 916. The van der Waals surface area contributed by atoms with Crippen LogP contribution in [0, 0.1) is 6.92 Å². The van der Waals surface area contributed by atoms with Gasteiger partial charge in [-0.25, -0.2) is 4.79 Å². The Morgan fingerprint density at radius 1 is 0.821 bits per heavy atom. The monoisotopic (exact) mass is 396 g/mol. The van der Waals surface area contributed by atoms with Crippen LogP contribution in [0.5, 0.6) is 11.5 Å². The smallest absolute Gasteiger partial charge is 0.344 e. The minimum Gasteiger partial charge on any atom is -0.489 e. The number of thiophene rings is 1. The molecule has 1 heterocycles. The molecule has 0 aliphatic heterocycles. The topological polar surface area (TPSA) is 61.8 Å². The van der Waals surface area contributed by atoms with Crippen LogP contribution in [-0.4, -0.2) is 25.0 Å². The zero-order valence-electron chi connectivity index (χ0n) is 15.4. The fourth-order valence-corrected chi connectivity index (χ4v) is 3.15. The number of Topliss-reactive ketones (excluding diaryl/α,β-unsaturated/α-hetero) is 1. The average molecular weight is 396 g/mol. The summed E-state index contributed by atoms with van der Waals surface area (Å²) in [5.41, 5.74) is 1.08. The largest absolute Gasteiger partial charge is 0.489 e. The Morgan fingerprint density at radius 2 is 1.50 bits per heavy atom. The highest BCUT2D eigenvalue weighted by Crippen LogP contribution is 2.19. The van der Waals surface area contributed by atoms with Crippen LogP contribution in [0.1, 0.15) is 20.1 Å². The number of aryl methyl sites for hydroxylation is 1. The molecule has 0 bridgehead atoms. The van der Waals surface area contributed by atoms with Crippen LogP contribution in [0.4, 0.5) is 0 Å². The summed E-state index contributed by atoms with van der Waals surface area (Å²) in [5.74, 6) is 0.414. The summed E-state index contributed by atoms with van der Waals surface area (Å²) in [4.78, 5) is 25.3. The van der Waals surface area contributed by atoms with Crippen LogP contribution in [0.3, 0.4) is 0 Å². The first-order valence-electron chi connectivity index (χ1n) is 8.75. The SMILES string of the molecule is Cc1ccc(C(=O)COC(=O)COc2ccc(OCc3ccccc3)cc2)s1. The van der Waals surface area contributed by atoms with E-state index in [0.29, 0.717) is 23.0 Å². The second-order valence-electron chi connectivity index (χ2n) is 6.03. The van der Waals surface area contributed by atoms with Crippen LogP contribution in [-0.2, 0) is 16.1 Å². The maximum Gasteiger partial charge on any atom is 0.344 e. The van der Waals surface area contributed by atoms with Gasteiger partial charge >= 0.3 is 5.97 Å². The molecule has 3 rings (SSSR count). The molecule has 0 saturated carbocycles. The number of carbonyl (C=O) groups is 2. The number of esters is 1. The molecular formula is C22H20O5S. The van der Waals surface area contributed by atoms with Gasteiger partial charge in [0.1, 0.15) is 18.1 Å². The molecule has 0 amide bonds. The normalized spacial score (nSPS) is 10.3. The number of hydrogen-bond donors (Lipinski definition) is 0. The molecule has 1 aromatic heterocycles. The summed E-state index contributed by atoms with van der Waals surface area (Å²) in [6, 6.07) is 20.4. The predicted octanol–water partition coefficient (Wildman–Crippen LogP) is 4.44. The third-order valence-corrected chi connectivity index (χ3v) is 4.85. The number of ether oxygens (including phenoxy) is 3. The van der Waals surface area contributed by atoms with E-state index in [9.17, 15) is 9.59 Å². The maximum atomic E-state index is 11.9. The second-order valence-corrected chi connectivity index (χ2v) is 7.32. The molecular weight excluding hydrogens is 376 g/mol. The van der Waals surface area contributed by atoms with Gasteiger partial charge in [-0.05, 0) is 48.9 Å². The van der Waals surface area contributed by atoms with Crippen molar-refractivity contribution < 1.29 is 23.8 Å². The third-order valence-electron chi connectivity index (χ3n) is 3.81. The maximum absolute atomic E-state index is 11.9. The molecule has 0 aliphatic rings. The molecule has 28 heavy (non-hydrogen) atoms. The summed E-state index contributed by atoms with van der Waals surface area (Å²) in [7, 11) is 0. The fraction of sp³-hybridized carbons (Fsp3) is 0.182. The van der Waals surface area contributed by atoms with Gasteiger partial charge in [0.25, 0.3) is 0 Å². The van der Waals surface area contributed by atoms with Gasteiger partial charge in [-0.1, -0.05) is 30.3 Å². The third kappa shape index (κ3) is 5.96. The summed E-state index contributed by atoms with van der Waals surface area (Å²) in [5, 5.41) is 0. The van der Waals surface area contributed by atoms with Crippen molar-refractivity contribution in [3.8, 4) is 11.5 Å². The van der Waals surface area contributed by atoms with Gasteiger partial charge in [-0.15, -0.1) is 11.3 Å². The number of benzene rings is 2. The molecule has 0 aliphatic carbocycles. The van der Waals surface area contributed by atoms with Crippen molar-refractivity contribution in [1.29, 1.82) is 0 Å². The van der Waals surface area contributed by atoms with Crippen LogP contribution in [0.2, 0.25) is 0 Å². The predicted molar refractivity (Wildman–Crippen MR) is 107 cm³/mol. The standard InChI is InChI=1S/C22H20O5S/c1-16-7-12-21(28-16)20(23)14-27-22(24)15-26-19-10-8-18(9-11-19)25-13-17-5-3-2-4-6-17/h2-12H,13-15H2,1H3. The Balaban J connectivity index is 1.39. The first-order valence-corrected chi connectivity index (χ1v) is 9.56. The van der Waals surface area contributed by atoms with E-state index in [0.717, 1.165) is 10.4 Å². The van der Waals surface area contributed by atoms with E-state index in [1.165, 1.54) is 11.3 Å². The van der Waals surface area contributed by atoms with E-state index in [1.54, 1.807) is 30.3 Å². The average Bonchev–Trinajstić information content (AvgIpc) is 3.17. The zero-order valence-corrected chi connectivity index (χ0v) is 16.2. The van der Waals surface area contributed by atoms with Gasteiger partial charge in [0.05, 0.1) is 4.88 Å². The zero-order chi connectivity index (χ0) is 19.8. The van der Waals surface area contributed by atoms with E-state index < -0.39 is 5.97 Å². The van der Waals surface area contributed by atoms with Crippen molar-refractivity contribution in [3.63, 3.8) is 0 Å². The highest BCUT2D eigenvalue weighted by molar-refractivity contribution is 7.14. The molecule has 0 radical (unpaired) electrons. The minimum atomic E-state index is -0.592. The molecule has 144 valence electrons. The molecule has 0 spiro atoms. The molecule has 0 N–H and O–H groups in total. The molecule has 3 aromatic rings. The van der Waals surface area contributed by atoms with Crippen molar-refractivity contribution in [2.45, 2.75) is 13.5 Å². The quantitative estimate of drug-likeness (QED) is 0.395. The molecule has 2 aromatic carbocycles. The molecule has 6 heteroatoms. The van der Waals surface area contributed by atoms with E-state index in [-0.39, 0.29) is 19.0 Å². The first kappa shape index (κ1) is 19.6. The van der Waals surface area contributed by atoms with Crippen LogP contribution in [0.25, 0.3) is 0 Å². The van der Waals surface area contributed by atoms with Gasteiger partial charge in [0.15, 0.2) is 13.2 Å². The summed E-state index contributed by atoms with van der Waals surface area (Å²) in [6.45, 7) is 1.85. The number of ketones is 1. The van der Waals surface area contributed by atoms with Crippen molar-refractivity contribution in [2.24, 2.45) is 0 Å². The lowest BCUT2D eigenvalue weighted by Crippen LogP contribution is -2.19. The van der Waals surface area contributed by atoms with Crippen LogP contribution >= 0.6 is 11.3 Å². The van der Waals surface area contributed by atoms with E-state index >= 15 is 0 Å². The lowest BCUT2D eigenvalue weighted by atomic mass is 10.2. The lowest BCUT2D eigenvalue weighted by molar-refractivity contribution is -0.144. The number of hydrogen-bond acceptors (Lipinski definition) is 6. The Labute approximate surface area is 167 Å². The van der Waals surface area contributed by atoms with Gasteiger partial charge in [0, 0.05) is 4.88 Å². The molecule has 0 unspecified atom stereocenters. The molecule has 0 atom stereocenters. The van der Waals surface area contributed by atoms with Crippen molar-refractivity contribution in [1.82, 2.24) is 0 Å². The molecule has 0 saturated heterocycles. The lowest BCUT2D eigenvalue weighted by Gasteiger charge is -2.09. The molecule has 5 nitrogen and oxygen atoms in total. The van der Waals surface area contributed by atoms with Gasteiger partial charge < -0.3 is 14.2 Å². The Kier molecular flexibility index (Phi) is 6.81. The fourth-order valence-electron chi connectivity index (χ4n) is 2.36. The van der Waals surface area contributed by atoms with Gasteiger partial charge in [-0.2, -0.15) is 0 Å². The summed E-state index contributed by atoms with van der Waals surface area (Å²) >= 11 is 1.38.